The van der Waals surface area contributed by atoms with Gasteiger partial charge in [0, 0.05) is 19.5 Å². The van der Waals surface area contributed by atoms with Crippen molar-refractivity contribution < 1.29 is 4.79 Å². The highest BCUT2D eigenvalue weighted by Crippen LogP contribution is 2.37. The molecule has 0 spiro atoms. The third kappa shape index (κ3) is 4.12. The summed E-state index contributed by atoms with van der Waals surface area (Å²) in [7, 11) is 0. The Morgan fingerprint density at radius 3 is 2.50 bits per heavy atom. The van der Waals surface area contributed by atoms with Crippen LogP contribution in [0.4, 0.5) is 0 Å². The Morgan fingerprint density at radius 1 is 1.31 bits per heavy atom. The number of hydrogen-bond acceptors (Lipinski definition) is 2. The van der Waals surface area contributed by atoms with Crippen molar-refractivity contribution in [2.24, 2.45) is 17.1 Å². The van der Waals surface area contributed by atoms with Crippen molar-refractivity contribution in [3.05, 3.63) is 0 Å². The highest BCUT2D eigenvalue weighted by Gasteiger charge is 2.30. The van der Waals surface area contributed by atoms with E-state index in [1.54, 1.807) is 0 Å². The van der Waals surface area contributed by atoms with Crippen LogP contribution in [0.3, 0.4) is 0 Å². The summed E-state index contributed by atoms with van der Waals surface area (Å²) in [6.45, 7) is 5.77. The van der Waals surface area contributed by atoms with Gasteiger partial charge >= 0.3 is 0 Å². The summed E-state index contributed by atoms with van der Waals surface area (Å²) in [4.78, 5) is 11.4. The Bertz CT molecular complexity index is 220. The highest BCUT2D eigenvalue weighted by atomic mass is 16.1. The molecule has 3 N–H and O–H groups in total. The zero-order valence-electron chi connectivity index (χ0n) is 10.7. The van der Waals surface area contributed by atoms with Gasteiger partial charge < -0.3 is 11.1 Å². The maximum atomic E-state index is 11.4. The van der Waals surface area contributed by atoms with E-state index < -0.39 is 0 Å². The van der Waals surface area contributed by atoms with Gasteiger partial charge in [-0.05, 0) is 24.2 Å². The Kier molecular flexibility index (Phi) is 5.26. The van der Waals surface area contributed by atoms with Crippen LogP contribution in [0.5, 0.6) is 0 Å². The first-order valence-corrected chi connectivity index (χ1v) is 6.53. The van der Waals surface area contributed by atoms with Gasteiger partial charge in [0.25, 0.3) is 0 Å². The molecule has 0 aromatic rings. The third-order valence-electron chi connectivity index (χ3n) is 3.82. The normalized spacial score (nSPS) is 18.4. The maximum Gasteiger partial charge on any atom is 0.221 e. The molecule has 3 heteroatoms. The molecule has 16 heavy (non-hydrogen) atoms. The van der Waals surface area contributed by atoms with E-state index >= 15 is 0 Å². The van der Waals surface area contributed by atoms with Gasteiger partial charge in [0.05, 0.1) is 0 Å². The van der Waals surface area contributed by atoms with Crippen LogP contribution < -0.4 is 11.1 Å². The minimum Gasteiger partial charge on any atom is -0.356 e. The molecule has 0 saturated heterocycles. The van der Waals surface area contributed by atoms with E-state index in [2.05, 4.69) is 19.2 Å². The zero-order valence-corrected chi connectivity index (χ0v) is 10.7. The van der Waals surface area contributed by atoms with E-state index in [9.17, 15) is 4.79 Å². The van der Waals surface area contributed by atoms with Gasteiger partial charge in [0.1, 0.15) is 0 Å². The average Bonchev–Trinajstić information content (AvgIpc) is 2.28. The van der Waals surface area contributed by atoms with Gasteiger partial charge in [-0.1, -0.05) is 33.1 Å². The molecule has 94 valence electrons. The number of nitrogens with two attached hydrogens (primary N) is 1. The molecule has 0 bridgehead atoms. The summed E-state index contributed by atoms with van der Waals surface area (Å²) >= 11 is 0. The summed E-state index contributed by atoms with van der Waals surface area (Å²) in [5.74, 6) is 0.853. The van der Waals surface area contributed by atoms with Crippen LogP contribution in [0.1, 0.15) is 52.4 Å². The molecule has 1 saturated carbocycles. The second-order valence-corrected chi connectivity index (χ2v) is 5.64. The number of amides is 1. The van der Waals surface area contributed by atoms with Crippen molar-refractivity contribution in [2.45, 2.75) is 52.4 Å². The van der Waals surface area contributed by atoms with Gasteiger partial charge in [-0.25, -0.2) is 0 Å². The minimum atomic E-state index is 0.0892. The van der Waals surface area contributed by atoms with Crippen molar-refractivity contribution >= 4 is 5.91 Å². The first-order chi connectivity index (χ1) is 7.56. The second kappa shape index (κ2) is 6.24. The van der Waals surface area contributed by atoms with Gasteiger partial charge in [0.15, 0.2) is 0 Å². The lowest BCUT2D eigenvalue weighted by atomic mass is 9.71. The molecule has 1 aliphatic rings. The molecule has 0 heterocycles. The van der Waals surface area contributed by atoms with Gasteiger partial charge in [-0.15, -0.1) is 0 Å². The predicted molar refractivity (Wildman–Crippen MR) is 67.0 cm³/mol. The zero-order chi connectivity index (χ0) is 12.0. The standard InChI is InChI=1S/C13H26N2O/c1-13(2,10-15-12(16)8-9-14)11-6-4-3-5-7-11/h11H,3-10,14H2,1-2H3,(H,15,16). The second-order valence-electron chi connectivity index (χ2n) is 5.64. The molecule has 1 aliphatic carbocycles. The highest BCUT2D eigenvalue weighted by molar-refractivity contribution is 5.76. The van der Waals surface area contributed by atoms with Crippen molar-refractivity contribution in [3.8, 4) is 0 Å². The Balaban J connectivity index is 2.34. The summed E-state index contributed by atoms with van der Waals surface area (Å²) in [5.41, 5.74) is 5.58. The number of nitrogens with one attached hydrogen (secondary N) is 1. The SMILES string of the molecule is CC(C)(CNC(=O)CCN)C1CCCCC1. The van der Waals surface area contributed by atoms with Gasteiger partial charge in [0.2, 0.25) is 5.91 Å². The first-order valence-electron chi connectivity index (χ1n) is 6.53. The summed E-state index contributed by atoms with van der Waals surface area (Å²) in [6, 6.07) is 0. The van der Waals surface area contributed by atoms with E-state index in [1.807, 2.05) is 0 Å². The molecule has 0 aromatic heterocycles. The van der Waals surface area contributed by atoms with E-state index in [4.69, 9.17) is 5.73 Å². The molecule has 1 rings (SSSR count). The number of hydrogen-bond donors (Lipinski definition) is 2. The first kappa shape index (κ1) is 13.5. The van der Waals surface area contributed by atoms with Gasteiger partial charge in [-0.2, -0.15) is 0 Å². The lowest BCUT2D eigenvalue weighted by molar-refractivity contribution is -0.121. The minimum absolute atomic E-state index is 0.0892. The van der Waals surface area contributed by atoms with Crippen molar-refractivity contribution in [1.29, 1.82) is 0 Å². The third-order valence-corrected chi connectivity index (χ3v) is 3.82. The van der Waals surface area contributed by atoms with Crippen LogP contribution in [-0.2, 0) is 4.79 Å². The maximum absolute atomic E-state index is 11.4. The molecule has 0 unspecified atom stereocenters. The fourth-order valence-corrected chi connectivity index (χ4v) is 2.57. The molecule has 0 atom stereocenters. The van der Waals surface area contributed by atoms with E-state index in [1.165, 1.54) is 32.1 Å². The van der Waals surface area contributed by atoms with Crippen molar-refractivity contribution in [3.63, 3.8) is 0 Å². The molecular formula is C13H26N2O. The van der Waals surface area contributed by atoms with E-state index in [0.717, 1.165) is 12.5 Å². The van der Waals surface area contributed by atoms with Gasteiger partial charge in [-0.3, -0.25) is 4.79 Å². The monoisotopic (exact) mass is 226 g/mol. The molecule has 1 amide bonds. The largest absolute Gasteiger partial charge is 0.356 e. The summed E-state index contributed by atoms with van der Waals surface area (Å²) in [6.07, 6.45) is 7.17. The van der Waals surface area contributed by atoms with E-state index in [-0.39, 0.29) is 11.3 Å². The van der Waals surface area contributed by atoms with Crippen molar-refractivity contribution in [1.82, 2.24) is 5.32 Å². The summed E-state index contributed by atoms with van der Waals surface area (Å²) < 4.78 is 0. The lowest BCUT2D eigenvalue weighted by Crippen LogP contribution is -2.39. The summed E-state index contributed by atoms with van der Waals surface area (Å²) in [5, 5.41) is 3.00. The van der Waals surface area contributed by atoms with Crippen LogP contribution in [0, 0.1) is 11.3 Å². The fraction of sp³-hybridized carbons (Fsp3) is 0.923. The van der Waals surface area contributed by atoms with Crippen LogP contribution in [0.2, 0.25) is 0 Å². The topological polar surface area (TPSA) is 55.1 Å². The number of rotatable bonds is 5. The number of carbonyl (C=O) groups is 1. The average molecular weight is 226 g/mol. The van der Waals surface area contributed by atoms with Crippen LogP contribution >= 0.6 is 0 Å². The Morgan fingerprint density at radius 2 is 1.94 bits per heavy atom. The lowest BCUT2D eigenvalue weighted by Gasteiger charge is -2.37. The smallest absolute Gasteiger partial charge is 0.221 e. The Hall–Kier alpha value is -0.570. The van der Waals surface area contributed by atoms with Crippen LogP contribution in [-0.4, -0.2) is 19.0 Å². The Labute approximate surface area is 99.2 Å². The molecule has 3 nitrogen and oxygen atoms in total. The molecule has 0 radical (unpaired) electrons. The van der Waals surface area contributed by atoms with Crippen LogP contribution in [0.15, 0.2) is 0 Å². The molecule has 0 aromatic carbocycles. The fourth-order valence-electron chi connectivity index (χ4n) is 2.57. The molecule has 1 fully saturated rings. The number of carbonyl (C=O) groups excluding carboxylic acids is 1. The predicted octanol–water partition coefficient (Wildman–Crippen LogP) is 2.06. The van der Waals surface area contributed by atoms with E-state index in [0.29, 0.717) is 13.0 Å². The van der Waals surface area contributed by atoms with Crippen LogP contribution in [0.25, 0.3) is 0 Å². The van der Waals surface area contributed by atoms with Crippen molar-refractivity contribution in [2.75, 3.05) is 13.1 Å². The quantitative estimate of drug-likeness (QED) is 0.754. The molecule has 0 aliphatic heterocycles. The molecular weight excluding hydrogens is 200 g/mol.